The number of para-hydroxylation sites is 1. The van der Waals surface area contributed by atoms with Crippen molar-refractivity contribution in [3.8, 4) is 0 Å². The van der Waals surface area contributed by atoms with Gasteiger partial charge in [-0.15, -0.1) is 0 Å². The van der Waals surface area contributed by atoms with E-state index < -0.39 is 0 Å². The predicted molar refractivity (Wildman–Crippen MR) is 133 cm³/mol. The summed E-state index contributed by atoms with van der Waals surface area (Å²) < 4.78 is 0. The van der Waals surface area contributed by atoms with Crippen LogP contribution in [-0.4, -0.2) is 47.8 Å². The summed E-state index contributed by atoms with van der Waals surface area (Å²) in [4.78, 5) is 27.9. The Morgan fingerprint density at radius 1 is 1.41 bits per heavy atom. The summed E-state index contributed by atoms with van der Waals surface area (Å²) >= 11 is 1.41. The molecule has 1 fully saturated rings. The van der Waals surface area contributed by atoms with E-state index in [1.807, 2.05) is 6.07 Å². The summed E-state index contributed by atoms with van der Waals surface area (Å²) in [6.07, 6.45) is 9.25. The van der Waals surface area contributed by atoms with Crippen LogP contribution in [0.25, 0.3) is 10.9 Å². The fourth-order valence-electron chi connectivity index (χ4n) is 4.15. The van der Waals surface area contributed by atoms with Gasteiger partial charge in [-0.25, -0.2) is 4.98 Å². The van der Waals surface area contributed by atoms with Gasteiger partial charge in [-0.2, -0.15) is 0 Å². The van der Waals surface area contributed by atoms with Crippen molar-refractivity contribution in [3.63, 3.8) is 0 Å². The molecule has 4 N–H and O–H groups in total. The van der Waals surface area contributed by atoms with Gasteiger partial charge in [0.1, 0.15) is 4.88 Å². The predicted octanol–water partition coefficient (Wildman–Crippen LogP) is 3.89. The number of aliphatic imine (C=N–C) groups is 1. The van der Waals surface area contributed by atoms with Crippen molar-refractivity contribution in [3.05, 3.63) is 58.9 Å². The van der Waals surface area contributed by atoms with E-state index in [1.54, 1.807) is 19.4 Å². The number of carbonyl (C=O) groups excluding carboxylic acids is 1. The lowest BCUT2D eigenvalue weighted by atomic mass is 10.0. The van der Waals surface area contributed by atoms with Gasteiger partial charge in [-0.05, 0) is 24.5 Å². The molecule has 0 saturated carbocycles. The quantitative estimate of drug-likeness (QED) is 0.485. The van der Waals surface area contributed by atoms with Crippen molar-refractivity contribution in [1.29, 1.82) is 0 Å². The molecule has 1 amide bonds. The Kier molecular flexibility index (Phi) is 6.90. The number of thiazole rings is 1. The Hall–Kier alpha value is -3.13. The smallest absolute Gasteiger partial charge is 0.263 e. The lowest BCUT2D eigenvalue weighted by molar-refractivity contribution is 0.0938. The number of benzene rings is 1. The standard InChI is InChI=1S/C24H30N6OS/c1-3-4-7-18(10-16-12-27-20-9-6-5-8-19(16)20)29-23(31)22-13-28-24(32-22)30-14-17(11-25)21(15-30)26-2/h5-6,8-9,11-13,18,27H,3-4,7,10,14-15,25H2,1-2H3,(H,29,31). The average Bonchev–Trinajstić information content (AvgIpc) is 3.55. The molecule has 0 spiro atoms. The van der Waals surface area contributed by atoms with Crippen molar-refractivity contribution < 1.29 is 4.79 Å². The minimum Gasteiger partial charge on any atom is -0.404 e. The number of aromatic amines is 1. The van der Waals surface area contributed by atoms with Crippen LogP contribution in [0.3, 0.4) is 0 Å². The van der Waals surface area contributed by atoms with Gasteiger partial charge in [0.2, 0.25) is 0 Å². The van der Waals surface area contributed by atoms with Gasteiger partial charge in [-0.1, -0.05) is 49.3 Å². The molecule has 32 heavy (non-hydrogen) atoms. The Balaban J connectivity index is 1.46. The zero-order chi connectivity index (χ0) is 22.5. The summed E-state index contributed by atoms with van der Waals surface area (Å²) in [6, 6.07) is 8.36. The van der Waals surface area contributed by atoms with E-state index in [1.165, 1.54) is 22.3 Å². The third-order valence-corrected chi connectivity index (χ3v) is 6.97. The van der Waals surface area contributed by atoms with Gasteiger partial charge in [0.25, 0.3) is 5.91 Å². The van der Waals surface area contributed by atoms with E-state index in [0.717, 1.165) is 47.6 Å². The number of hydrogen-bond donors (Lipinski definition) is 3. The number of rotatable bonds is 8. The average molecular weight is 451 g/mol. The molecular weight excluding hydrogens is 420 g/mol. The molecule has 1 aliphatic rings. The number of nitrogens with two attached hydrogens (primary N) is 1. The lowest BCUT2D eigenvalue weighted by Gasteiger charge is -2.18. The molecule has 1 unspecified atom stereocenters. The second kappa shape index (κ2) is 9.99. The Morgan fingerprint density at radius 3 is 3.00 bits per heavy atom. The van der Waals surface area contributed by atoms with Crippen molar-refractivity contribution >= 4 is 39.0 Å². The summed E-state index contributed by atoms with van der Waals surface area (Å²) in [5.41, 5.74) is 10.1. The van der Waals surface area contributed by atoms with E-state index in [0.29, 0.717) is 18.0 Å². The molecule has 1 saturated heterocycles. The molecule has 0 radical (unpaired) electrons. The largest absolute Gasteiger partial charge is 0.404 e. The van der Waals surface area contributed by atoms with Gasteiger partial charge in [0, 0.05) is 48.5 Å². The first-order valence-electron chi connectivity index (χ1n) is 11.1. The zero-order valence-corrected chi connectivity index (χ0v) is 19.4. The monoisotopic (exact) mass is 450 g/mol. The molecule has 7 nitrogen and oxygen atoms in total. The molecular formula is C24H30N6OS. The maximum absolute atomic E-state index is 13.1. The first kappa shape index (κ1) is 22.1. The van der Waals surface area contributed by atoms with Crippen LogP contribution in [0, 0.1) is 0 Å². The normalized spacial score (nSPS) is 17.5. The van der Waals surface area contributed by atoms with Crippen molar-refractivity contribution in [2.75, 3.05) is 25.0 Å². The zero-order valence-electron chi connectivity index (χ0n) is 18.6. The van der Waals surface area contributed by atoms with Gasteiger partial charge in [0.15, 0.2) is 5.13 Å². The number of fused-ring (bicyclic) bond motifs is 1. The molecule has 2 aromatic heterocycles. The van der Waals surface area contributed by atoms with Crippen LogP contribution in [0.1, 0.15) is 41.4 Å². The number of carbonyl (C=O) groups is 1. The van der Waals surface area contributed by atoms with Crippen molar-refractivity contribution in [2.45, 2.75) is 38.6 Å². The number of hydrogen-bond acceptors (Lipinski definition) is 6. The molecule has 8 heteroatoms. The molecule has 1 aromatic carbocycles. The van der Waals surface area contributed by atoms with E-state index >= 15 is 0 Å². The highest BCUT2D eigenvalue weighted by atomic mass is 32.1. The summed E-state index contributed by atoms with van der Waals surface area (Å²) in [6.45, 7) is 3.50. The number of aromatic nitrogens is 2. The minimum absolute atomic E-state index is 0.0622. The van der Waals surface area contributed by atoms with Crippen LogP contribution < -0.4 is 16.0 Å². The lowest BCUT2D eigenvalue weighted by Crippen LogP contribution is -2.36. The second-order valence-corrected chi connectivity index (χ2v) is 9.11. The van der Waals surface area contributed by atoms with Crippen molar-refractivity contribution in [2.24, 2.45) is 10.7 Å². The number of H-pyrrole nitrogens is 1. The Bertz CT molecular complexity index is 1120. The molecule has 3 heterocycles. The first-order chi connectivity index (χ1) is 15.6. The third-order valence-electron chi connectivity index (χ3n) is 5.91. The number of unbranched alkanes of at least 4 members (excludes halogenated alkanes) is 1. The van der Waals surface area contributed by atoms with E-state index in [2.05, 4.69) is 56.5 Å². The molecule has 168 valence electrons. The SMILES string of the molecule is CCCCC(Cc1c[nH]c2ccccc12)NC(=O)c1cnc(N2CC(=CN)C(=NC)C2)s1. The molecule has 0 bridgehead atoms. The molecule has 4 rings (SSSR count). The highest BCUT2D eigenvalue weighted by Crippen LogP contribution is 2.27. The maximum Gasteiger partial charge on any atom is 0.263 e. The Morgan fingerprint density at radius 2 is 2.25 bits per heavy atom. The van der Waals surface area contributed by atoms with Crippen LogP contribution in [0.2, 0.25) is 0 Å². The van der Waals surface area contributed by atoms with Gasteiger partial charge >= 0.3 is 0 Å². The summed E-state index contributed by atoms with van der Waals surface area (Å²) in [7, 11) is 1.77. The fraction of sp³-hybridized carbons (Fsp3) is 0.375. The first-order valence-corrected chi connectivity index (χ1v) is 11.9. The molecule has 3 aromatic rings. The number of anilines is 1. The number of nitrogens with zero attached hydrogens (tertiary/aromatic N) is 3. The van der Waals surface area contributed by atoms with Gasteiger partial charge < -0.3 is 20.9 Å². The molecule has 1 aliphatic heterocycles. The van der Waals surface area contributed by atoms with Crippen LogP contribution in [-0.2, 0) is 6.42 Å². The van der Waals surface area contributed by atoms with E-state index in [4.69, 9.17) is 5.73 Å². The van der Waals surface area contributed by atoms with E-state index in [9.17, 15) is 4.79 Å². The van der Waals surface area contributed by atoms with Crippen LogP contribution in [0.15, 0.2) is 53.4 Å². The van der Waals surface area contributed by atoms with Gasteiger partial charge in [0.05, 0.1) is 18.5 Å². The molecule has 1 atom stereocenters. The number of nitrogens with one attached hydrogen (secondary N) is 2. The van der Waals surface area contributed by atoms with Crippen LogP contribution >= 0.6 is 11.3 Å². The highest BCUT2D eigenvalue weighted by molar-refractivity contribution is 7.17. The summed E-state index contributed by atoms with van der Waals surface area (Å²) in [5, 5.41) is 5.29. The Labute approximate surface area is 192 Å². The van der Waals surface area contributed by atoms with E-state index in [-0.39, 0.29) is 11.9 Å². The fourth-order valence-corrected chi connectivity index (χ4v) is 4.97. The second-order valence-electron chi connectivity index (χ2n) is 8.10. The van der Waals surface area contributed by atoms with Crippen molar-refractivity contribution in [1.82, 2.24) is 15.3 Å². The highest BCUT2D eigenvalue weighted by Gasteiger charge is 2.26. The van der Waals surface area contributed by atoms with Crippen LogP contribution in [0.5, 0.6) is 0 Å². The third kappa shape index (κ3) is 4.70. The van der Waals surface area contributed by atoms with Crippen LogP contribution in [0.4, 0.5) is 5.13 Å². The maximum atomic E-state index is 13.1. The topological polar surface area (TPSA) is 99.4 Å². The molecule has 0 aliphatic carbocycles. The minimum atomic E-state index is -0.0622. The summed E-state index contributed by atoms with van der Waals surface area (Å²) in [5.74, 6) is -0.0622. The number of amides is 1. The van der Waals surface area contributed by atoms with Gasteiger partial charge in [-0.3, -0.25) is 9.79 Å².